The molecule has 0 bridgehead atoms. The molecule has 0 N–H and O–H groups in total. The molecule has 1 atom stereocenters. The third-order valence-electron chi connectivity index (χ3n) is 2.83. The summed E-state index contributed by atoms with van der Waals surface area (Å²) in [6.45, 7) is -0.480. The van der Waals surface area contributed by atoms with Crippen molar-refractivity contribution in [2.24, 2.45) is 5.41 Å². The van der Waals surface area contributed by atoms with Crippen LogP contribution in [0.3, 0.4) is 0 Å². The molecule has 2 nitrogen and oxygen atoms in total. The highest BCUT2D eigenvalue weighted by Gasteiger charge is 2.49. The van der Waals surface area contributed by atoms with E-state index in [4.69, 9.17) is 4.74 Å². The molecule has 0 amide bonds. The Kier molecular flexibility index (Phi) is 1.91. The van der Waals surface area contributed by atoms with Gasteiger partial charge >= 0.3 is 0 Å². The molecule has 0 aromatic rings. The van der Waals surface area contributed by atoms with Gasteiger partial charge in [0, 0.05) is 11.8 Å². The first-order chi connectivity index (χ1) is 6.05. The lowest BCUT2D eigenvalue weighted by atomic mass is 9.98. The molecular formula is C9H12F2O2. The average molecular weight is 190 g/mol. The van der Waals surface area contributed by atoms with Crippen LogP contribution in [0.1, 0.15) is 25.7 Å². The van der Waals surface area contributed by atoms with E-state index < -0.39 is 18.6 Å². The molecule has 1 unspecified atom stereocenters. The molecule has 0 aromatic carbocycles. The third-order valence-corrected chi connectivity index (χ3v) is 2.83. The number of carbonyl (C=O) groups is 1. The third kappa shape index (κ3) is 1.88. The zero-order valence-corrected chi connectivity index (χ0v) is 7.26. The van der Waals surface area contributed by atoms with Crippen LogP contribution >= 0.6 is 0 Å². The lowest BCUT2D eigenvalue weighted by Crippen LogP contribution is -2.17. The molecule has 1 aliphatic carbocycles. The summed E-state index contributed by atoms with van der Waals surface area (Å²) in [6, 6.07) is 0. The van der Waals surface area contributed by atoms with Crippen molar-refractivity contribution in [1.29, 1.82) is 0 Å². The van der Waals surface area contributed by atoms with Crippen LogP contribution in [0.2, 0.25) is 0 Å². The van der Waals surface area contributed by atoms with Crippen molar-refractivity contribution in [3.05, 3.63) is 0 Å². The van der Waals surface area contributed by atoms with Gasteiger partial charge in [0.1, 0.15) is 12.9 Å². The fourth-order valence-corrected chi connectivity index (χ4v) is 1.81. The van der Waals surface area contributed by atoms with Gasteiger partial charge in [0.15, 0.2) is 0 Å². The Morgan fingerprint density at radius 1 is 1.46 bits per heavy atom. The van der Waals surface area contributed by atoms with Gasteiger partial charge in [0.2, 0.25) is 0 Å². The maximum Gasteiger partial charge on any atom is 0.273 e. The van der Waals surface area contributed by atoms with E-state index in [1.54, 1.807) is 0 Å². The summed E-state index contributed by atoms with van der Waals surface area (Å²) in [6.07, 6.45) is 2.41. The maximum absolute atomic E-state index is 12.7. The smallest absolute Gasteiger partial charge is 0.273 e. The molecule has 2 aliphatic rings. The largest absolute Gasteiger partial charge is 0.372 e. The van der Waals surface area contributed by atoms with Crippen LogP contribution in [0.25, 0.3) is 0 Å². The van der Waals surface area contributed by atoms with Gasteiger partial charge in [-0.2, -0.15) is 0 Å². The van der Waals surface area contributed by atoms with Crippen molar-refractivity contribution in [1.82, 2.24) is 0 Å². The van der Waals surface area contributed by atoms with Gasteiger partial charge in [-0.25, -0.2) is 8.78 Å². The van der Waals surface area contributed by atoms with E-state index in [0.717, 1.165) is 19.1 Å². The molecule has 4 heteroatoms. The highest BCUT2D eigenvalue weighted by atomic mass is 19.3. The molecular weight excluding hydrogens is 178 g/mol. The van der Waals surface area contributed by atoms with E-state index in [1.807, 2.05) is 0 Å². The van der Waals surface area contributed by atoms with Crippen LogP contribution in [0, 0.1) is 5.41 Å². The Hall–Kier alpha value is -0.510. The van der Waals surface area contributed by atoms with Crippen molar-refractivity contribution in [2.45, 2.75) is 37.7 Å². The monoisotopic (exact) mass is 190 g/mol. The SMILES string of the molecule is O=CC1(CC2CC(F)(F)CO2)CC1. The number of aldehydes is 1. The van der Waals surface area contributed by atoms with Crippen molar-refractivity contribution in [3.8, 4) is 0 Å². The summed E-state index contributed by atoms with van der Waals surface area (Å²) in [4.78, 5) is 10.6. The minimum atomic E-state index is -2.68. The molecule has 13 heavy (non-hydrogen) atoms. The number of halogens is 2. The zero-order valence-electron chi connectivity index (χ0n) is 7.26. The van der Waals surface area contributed by atoms with Crippen LogP contribution in [0.4, 0.5) is 8.78 Å². The molecule has 0 aromatic heterocycles. The Balaban J connectivity index is 1.87. The fourth-order valence-electron chi connectivity index (χ4n) is 1.81. The number of alkyl halides is 2. The lowest BCUT2D eigenvalue weighted by Gasteiger charge is -2.12. The highest BCUT2D eigenvalue weighted by molar-refractivity contribution is 5.63. The summed E-state index contributed by atoms with van der Waals surface area (Å²) < 4.78 is 30.3. The van der Waals surface area contributed by atoms with Gasteiger partial charge in [0.05, 0.1) is 6.10 Å². The van der Waals surface area contributed by atoms with Crippen molar-refractivity contribution >= 4 is 6.29 Å². The van der Waals surface area contributed by atoms with Crippen molar-refractivity contribution < 1.29 is 18.3 Å². The Bertz CT molecular complexity index is 224. The van der Waals surface area contributed by atoms with Crippen LogP contribution < -0.4 is 0 Å². The van der Waals surface area contributed by atoms with E-state index >= 15 is 0 Å². The van der Waals surface area contributed by atoms with Gasteiger partial charge in [-0.3, -0.25) is 0 Å². The van der Waals surface area contributed by atoms with Crippen molar-refractivity contribution in [3.63, 3.8) is 0 Å². The first-order valence-electron chi connectivity index (χ1n) is 4.51. The predicted octanol–water partition coefficient (Wildman–Crippen LogP) is 1.78. The fraction of sp³-hybridized carbons (Fsp3) is 0.889. The second-order valence-corrected chi connectivity index (χ2v) is 4.18. The normalized spacial score (nSPS) is 34.5. The molecule has 74 valence electrons. The van der Waals surface area contributed by atoms with E-state index in [1.165, 1.54) is 0 Å². The lowest BCUT2D eigenvalue weighted by molar-refractivity contribution is -0.113. The molecule has 0 spiro atoms. The Labute approximate surface area is 75.3 Å². The van der Waals surface area contributed by atoms with Crippen LogP contribution in [-0.2, 0) is 9.53 Å². The summed E-state index contributed by atoms with van der Waals surface area (Å²) in [5.74, 6) is -2.68. The number of hydrogen-bond donors (Lipinski definition) is 0. The number of hydrogen-bond acceptors (Lipinski definition) is 2. The summed E-state index contributed by atoms with van der Waals surface area (Å²) in [5, 5.41) is 0. The van der Waals surface area contributed by atoms with Gasteiger partial charge < -0.3 is 9.53 Å². The molecule has 0 radical (unpaired) electrons. The molecule has 1 heterocycles. The van der Waals surface area contributed by atoms with Gasteiger partial charge in [-0.05, 0) is 19.3 Å². The summed E-state index contributed by atoms with van der Waals surface area (Å²) in [5.41, 5.74) is -0.314. The van der Waals surface area contributed by atoms with Gasteiger partial charge in [0.25, 0.3) is 5.92 Å². The van der Waals surface area contributed by atoms with E-state index in [2.05, 4.69) is 0 Å². The minimum absolute atomic E-state index is 0.220. The zero-order chi connectivity index (χ0) is 9.53. The summed E-state index contributed by atoms with van der Waals surface area (Å²) >= 11 is 0. The number of rotatable bonds is 3. The quantitative estimate of drug-likeness (QED) is 0.634. The Morgan fingerprint density at radius 2 is 2.15 bits per heavy atom. The van der Waals surface area contributed by atoms with Crippen molar-refractivity contribution in [2.75, 3.05) is 6.61 Å². The summed E-state index contributed by atoms with van der Waals surface area (Å²) in [7, 11) is 0. The topological polar surface area (TPSA) is 26.3 Å². The van der Waals surface area contributed by atoms with Crippen LogP contribution in [0.5, 0.6) is 0 Å². The van der Waals surface area contributed by atoms with Crippen LogP contribution in [-0.4, -0.2) is 24.9 Å². The molecule has 2 fully saturated rings. The first kappa shape index (κ1) is 9.06. The highest BCUT2D eigenvalue weighted by Crippen LogP contribution is 2.49. The van der Waals surface area contributed by atoms with E-state index in [-0.39, 0.29) is 11.8 Å². The molecule has 1 saturated carbocycles. The maximum atomic E-state index is 12.7. The minimum Gasteiger partial charge on any atom is -0.372 e. The van der Waals surface area contributed by atoms with Gasteiger partial charge in [-0.1, -0.05) is 0 Å². The second-order valence-electron chi connectivity index (χ2n) is 4.18. The van der Waals surface area contributed by atoms with Gasteiger partial charge in [-0.15, -0.1) is 0 Å². The Morgan fingerprint density at radius 3 is 2.54 bits per heavy atom. The molecule has 1 saturated heterocycles. The predicted molar refractivity (Wildman–Crippen MR) is 41.7 cm³/mol. The standard InChI is InChI=1S/C9H12F2O2/c10-9(11)4-7(13-6-9)3-8(5-12)1-2-8/h5,7H,1-4,6H2. The second kappa shape index (κ2) is 2.74. The molecule has 2 rings (SSSR count). The van der Waals surface area contributed by atoms with Crippen LogP contribution in [0.15, 0.2) is 0 Å². The first-order valence-corrected chi connectivity index (χ1v) is 4.51. The number of carbonyl (C=O) groups excluding carboxylic acids is 1. The van der Waals surface area contributed by atoms with E-state index in [0.29, 0.717) is 6.42 Å². The average Bonchev–Trinajstić information content (AvgIpc) is 2.74. The number of ether oxygens (including phenoxy) is 1. The molecule has 1 aliphatic heterocycles. The van der Waals surface area contributed by atoms with E-state index in [9.17, 15) is 13.6 Å².